The Hall–Kier alpha value is -3.20. The van der Waals surface area contributed by atoms with Crippen molar-refractivity contribution in [2.75, 3.05) is 17.1 Å². The fraction of sp³-hybridized carbons (Fsp3) is 0.167. The maximum Gasteiger partial charge on any atom is 0.266 e. The molecule has 2 heterocycles. The summed E-state index contributed by atoms with van der Waals surface area (Å²) in [5, 5.41) is 11.0. The number of rotatable bonds is 7. The summed E-state index contributed by atoms with van der Waals surface area (Å²) in [6.07, 6.45) is 1.71. The smallest absolute Gasteiger partial charge is 0.266 e. The van der Waals surface area contributed by atoms with Gasteiger partial charge < -0.3 is 10.1 Å². The third-order valence-electron chi connectivity index (χ3n) is 3.69. The number of anilines is 2. The molecule has 2 N–H and O–H groups in total. The SMILES string of the molecule is COc1ccc(C)cc1S(=O)(=O)Nc1ccc(NCc2ccccn2)nn1. The van der Waals surface area contributed by atoms with Gasteiger partial charge in [0, 0.05) is 6.20 Å². The predicted octanol–water partition coefficient (Wildman–Crippen LogP) is 2.60. The molecule has 8 nitrogen and oxygen atoms in total. The summed E-state index contributed by atoms with van der Waals surface area (Å²) < 4.78 is 32.9. The molecule has 0 aliphatic heterocycles. The van der Waals surface area contributed by atoms with Crippen LogP contribution in [-0.2, 0) is 16.6 Å². The van der Waals surface area contributed by atoms with Crippen LogP contribution < -0.4 is 14.8 Å². The van der Waals surface area contributed by atoms with Crippen molar-refractivity contribution in [3.8, 4) is 5.75 Å². The minimum atomic E-state index is -3.85. The van der Waals surface area contributed by atoms with Crippen LogP contribution in [0.3, 0.4) is 0 Å². The average molecular weight is 385 g/mol. The number of pyridine rings is 1. The highest BCUT2D eigenvalue weighted by atomic mass is 32.2. The normalized spacial score (nSPS) is 11.0. The number of nitrogens with one attached hydrogen (secondary N) is 2. The second-order valence-electron chi connectivity index (χ2n) is 5.74. The quantitative estimate of drug-likeness (QED) is 0.644. The minimum absolute atomic E-state index is 0.0455. The molecule has 140 valence electrons. The molecule has 3 rings (SSSR count). The molecular formula is C18H19N5O3S. The molecule has 0 atom stereocenters. The summed E-state index contributed by atoms with van der Waals surface area (Å²) in [6, 6.07) is 13.7. The molecule has 0 unspecified atom stereocenters. The summed E-state index contributed by atoms with van der Waals surface area (Å²) in [5.74, 6) is 0.883. The number of methoxy groups -OCH3 is 1. The molecular weight excluding hydrogens is 366 g/mol. The van der Waals surface area contributed by atoms with Crippen LogP contribution in [0.4, 0.5) is 11.6 Å². The van der Waals surface area contributed by atoms with Crippen LogP contribution in [0.2, 0.25) is 0 Å². The second kappa shape index (κ2) is 8.00. The highest BCUT2D eigenvalue weighted by molar-refractivity contribution is 7.92. The highest BCUT2D eigenvalue weighted by Crippen LogP contribution is 2.26. The van der Waals surface area contributed by atoms with Gasteiger partial charge in [-0.15, -0.1) is 10.2 Å². The van der Waals surface area contributed by atoms with Crippen molar-refractivity contribution < 1.29 is 13.2 Å². The van der Waals surface area contributed by atoms with E-state index in [9.17, 15) is 8.42 Å². The molecule has 3 aromatic rings. The first-order valence-corrected chi connectivity index (χ1v) is 9.61. The Balaban J connectivity index is 1.71. The predicted molar refractivity (Wildman–Crippen MR) is 102 cm³/mol. The number of hydrogen-bond acceptors (Lipinski definition) is 7. The van der Waals surface area contributed by atoms with Crippen LogP contribution >= 0.6 is 0 Å². The van der Waals surface area contributed by atoms with Crippen molar-refractivity contribution in [2.24, 2.45) is 0 Å². The lowest BCUT2D eigenvalue weighted by Crippen LogP contribution is -2.16. The number of aromatic nitrogens is 3. The van der Waals surface area contributed by atoms with E-state index in [2.05, 4.69) is 25.2 Å². The first-order chi connectivity index (χ1) is 13.0. The van der Waals surface area contributed by atoms with Crippen molar-refractivity contribution in [2.45, 2.75) is 18.4 Å². The van der Waals surface area contributed by atoms with Gasteiger partial charge in [0.25, 0.3) is 10.0 Å². The Labute approximate surface area is 157 Å². The lowest BCUT2D eigenvalue weighted by Gasteiger charge is -2.12. The molecule has 0 fully saturated rings. The molecule has 0 saturated carbocycles. The van der Waals surface area contributed by atoms with E-state index in [0.29, 0.717) is 12.4 Å². The fourth-order valence-corrected chi connectivity index (χ4v) is 3.60. The lowest BCUT2D eigenvalue weighted by atomic mass is 10.2. The second-order valence-corrected chi connectivity index (χ2v) is 7.39. The number of hydrogen-bond donors (Lipinski definition) is 2. The third-order valence-corrected chi connectivity index (χ3v) is 5.06. The first kappa shape index (κ1) is 18.6. The van der Waals surface area contributed by atoms with Crippen LogP contribution in [0.25, 0.3) is 0 Å². The minimum Gasteiger partial charge on any atom is -0.495 e. The molecule has 9 heteroatoms. The number of nitrogens with zero attached hydrogens (tertiary/aromatic N) is 3. The molecule has 27 heavy (non-hydrogen) atoms. The molecule has 0 aliphatic rings. The van der Waals surface area contributed by atoms with Crippen LogP contribution in [-0.4, -0.2) is 30.7 Å². The third kappa shape index (κ3) is 4.70. The van der Waals surface area contributed by atoms with Gasteiger partial charge in [-0.1, -0.05) is 12.1 Å². The van der Waals surface area contributed by atoms with E-state index in [1.807, 2.05) is 18.2 Å². The zero-order valence-electron chi connectivity index (χ0n) is 14.9. The van der Waals surface area contributed by atoms with Crippen molar-refractivity contribution >= 4 is 21.7 Å². The monoisotopic (exact) mass is 385 g/mol. The molecule has 0 aliphatic carbocycles. The Morgan fingerprint density at radius 2 is 1.81 bits per heavy atom. The number of sulfonamides is 1. The number of aryl methyl sites for hydroxylation is 1. The van der Waals surface area contributed by atoms with E-state index < -0.39 is 10.0 Å². The summed E-state index contributed by atoms with van der Waals surface area (Å²) in [7, 11) is -2.43. The van der Waals surface area contributed by atoms with Crippen molar-refractivity contribution in [3.63, 3.8) is 0 Å². The largest absolute Gasteiger partial charge is 0.495 e. The van der Waals surface area contributed by atoms with Gasteiger partial charge in [-0.05, 0) is 48.9 Å². The average Bonchev–Trinajstić information content (AvgIpc) is 2.68. The maximum atomic E-state index is 12.6. The van der Waals surface area contributed by atoms with Crippen LogP contribution in [0.15, 0.2) is 59.6 Å². The highest BCUT2D eigenvalue weighted by Gasteiger charge is 2.20. The molecule has 2 aromatic heterocycles. The standard InChI is InChI=1S/C18H19N5O3S/c1-13-6-7-15(26-2)16(11-13)27(24,25)23-18-9-8-17(21-22-18)20-12-14-5-3-4-10-19-14/h3-11H,12H2,1-2H3,(H,20,21)(H,22,23). The van der Waals surface area contributed by atoms with Gasteiger partial charge in [0.05, 0.1) is 19.3 Å². The summed E-state index contributed by atoms with van der Waals surface area (Å²) in [5.41, 5.74) is 1.66. The fourth-order valence-electron chi connectivity index (χ4n) is 2.35. The van der Waals surface area contributed by atoms with E-state index in [1.165, 1.54) is 19.2 Å². The first-order valence-electron chi connectivity index (χ1n) is 8.13. The van der Waals surface area contributed by atoms with Crippen LogP contribution in [0.5, 0.6) is 5.75 Å². The van der Waals surface area contributed by atoms with Gasteiger partial charge in [0.1, 0.15) is 16.5 Å². The Morgan fingerprint density at radius 3 is 2.48 bits per heavy atom. The summed E-state index contributed by atoms with van der Waals surface area (Å²) in [6.45, 7) is 2.29. The maximum absolute atomic E-state index is 12.6. The molecule has 0 radical (unpaired) electrons. The van der Waals surface area contributed by atoms with Gasteiger partial charge in [0.2, 0.25) is 0 Å². The van der Waals surface area contributed by atoms with E-state index in [-0.39, 0.29) is 16.5 Å². The zero-order chi connectivity index (χ0) is 19.3. The van der Waals surface area contributed by atoms with Crippen molar-refractivity contribution in [1.29, 1.82) is 0 Å². The summed E-state index contributed by atoms with van der Waals surface area (Å²) in [4.78, 5) is 4.25. The van der Waals surface area contributed by atoms with Gasteiger partial charge in [-0.3, -0.25) is 9.71 Å². The Kier molecular flexibility index (Phi) is 5.51. The topological polar surface area (TPSA) is 106 Å². The molecule has 0 spiro atoms. The van der Waals surface area contributed by atoms with Crippen molar-refractivity contribution in [3.05, 3.63) is 66.0 Å². The van der Waals surface area contributed by atoms with Gasteiger partial charge in [-0.25, -0.2) is 8.42 Å². The van der Waals surface area contributed by atoms with Gasteiger partial charge in [-0.2, -0.15) is 0 Å². The van der Waals surface area contributed by atoms with Crippen LogP contribution in [0.1, 0.15) is 11.3 Å². The Morgan fingerprint density at radius 1 is 1.04 bits per heavy atom. The summed E-state index contributed by atoms with van der Waals surface area (Å²) >= 11 is 0. The molecule has 0 amide bonds. The van der Waals surface area contributed by atoms with E-state index >= 15 is 0 Å². The zero-order valence-corrected chi connectivity index (χ0v) is 15.7. The van der Waals surface area contributed by atoms with Crippen LogP contribution in [0, 0.1) is 6.92 Å². The van der Waals surface area contributed by atoms with E-state index in [4.69, 9.17) is 4.74 Å². The lowest BCUT2D eigenvalue weighted by molar-refractivity contribution is 0.402. The molecule has 0 bridgehead atoms. The number of benzene rings is 1. The Bertz CT molecular complexity index is 1010. The van der Waals surface area contributed by atoms with Crippen molar-refractivity contribution in [1.82, 2.24) is 15.2 Å². The van der Waals surface area contributed by atoms with Gasteiger partial charge in [0.15, 0.2) is 5.82 Å². The number of ether oxygens (including phenoxy) is 1. The van der Waals surface area contributed by atoms with Gasteiger partial charge >= 0.3 is 0 Å². The van der Waals surface area contributed by atoms with E-state index in [1.54, 1.807) is 31.3 Å². The molecule has 1 aromatic carbocycles. The van der Waals surface area contributed by atoms with E-state index in [0.717, 1.165) is 11.3 Å². The molecule has 0 saturated heterocycles.